The van der Waals surface area contributed by atoms with E-state index >= 15 is 0 Å². The van der Waals surface area contributed by atoms with Crippen molar-refractivity contribution in [3.8, 4) is 11.4 Å². The molecule has 0 saturated carbocycles. The molecule has 2 aliphatic rings. The number of carbonyl (C=O) groups is 1. The van der Waals surface area contributed by atoms with Crippen LogP contribution in [-0.4, -0.2) is 20.6 Å². The summed E-state index contributed by atoms with van der Waals surface area (Å²) in [5, 5.41) is 12.2. The average molecular weight is 412 g/mol. The number of esters is 1. The van der Waals surface area contributed by atoms with Gasteiger partial charge < -0.3 is 20.1 Å². The summed E-state index contributed by atoms with van der Waals surface area (Å²) in [6.07, 6.45) is 0. The molecule has 3 N–H and O–H groups in total. The van der Waals surface area contributed by atoms with Crippen LogP contribution in [0.3, 0.4) is 0 Å². The Morgan fingerprint density at radius 2 is 2.07 bits per heavy atom. The van der Waals surface area contributed by atoms with Crippen LogP contribution in [0.15, 0.2) is 23.0 Å². The van der Waals surface area contributed by atoms with E-state index in [-0.39, 0.29) is 29.8 Å². The summed E-state index contributed by atoms with van der Waals surface area (Å²) >= 11 is 6.30. The third-order valence-electron chi connectivity index (χ3n) is 5.92. The summed E-state index contributed by atoms with van der Waals surface area (Å²) in [4.78, 5) is 30.0. The van der Waals surface area contributed by atoms with Crippen LogP contribution in [0, 0.1) is 6.92 Å². The zero-order chi connectivity index (χ0) is 20.7. The zero-order valence-corrected chi connectivity index (χ0v) is 16.6. The molecule has 7 nitrogen and oxygen atoms in total. The molecule has 0 spiro atoms. The van der Waals surface area contributed by atoms with Crippen molar-refractivity contribution < 1.29 is 14.6 Å². The molecule has 0 fully saturated rings. The van der Waals surface area contributed by atoms with Gasteiger partial charge in [-0.3, -0.25) is 4.79 Å². The Bertz CT molecular complexity index is 1310. The second-order valence-electron chi connectivity index (χ2n) is 7.70. The van der Waals surface area contributed by atoms with Gasteiger partial charge in [0.2, 0.25) is 0 Å². The standard InChI is InChI=1S/C21H18ClN3O4/c1-9-3-10-11(6-23)12-7-25-17(18(12)24-16(10)5-15(9)22)4-14-13(19(25)26)8-29-20(27)21(14,2)28/h3-5,28H,6-8,23H2,1-2H3/t21-/m0/s1. The van der Waals surface area contributed by atoms with Gasteiger partial charge >= 0.3 is 5.97 Å². The number of benzene rings is 1. The fourth-order valence-corrected chi connectivity index (χ4v) is 4.43. The summed E-state index contributed by atoms with van der Waals surface area (Å²) < 4.78 is 6.61. The molecule has 0 saturated heterocycles. The van der Waals surface area contributed by atoms with Crippen molar-refractivity contribution in [3.63, 3.8) is 0 Å². The minimum Gasteiger partial charge on any atom is -0.458 e. The Hall–Kier alpha value is -2.74. The minimum absolute atomic E-state index is 0.159. The molecule has 8 heteroatoms. The van der Waals surface area contributed by atoms with Gasteiger partial charge in [0.25, 0.3) is 5.56 Å². The van der Waals surface area contributed by atoms with Gasteiger partial charge in [-0.2, -0.15) is 0 Å². The first-order valence-corrected chi connectivity index (χ1v) is 9.60. The normalized spacial score (nSPS) is 19.7. The Balaban J connectivity index is 1.85. The summed E-state index contributed by atoms with van der Waals surface area (Å²) in [5.41, 5.74) is 8.98. The van der Waals surface area contributed by atoms with E-state index in [1.807, 2.05) is 13.0 Å². The largest absolute Gasteiger partial charge is 0.458 e. The van der Waals surface area contributed by atoms with Crippen molar-refractivity contribution in [3.05, 3.63) is 61.4 Å². The van der Waals surface area contributed by atoms with Crippen molar-refractivity contribution in [1.82, 2.24) is 9.55 Å². The predicted octanol–water partition coefficient (Wildman–Crippen LogP) is 2.11. The highest BCUT2D eigenvalue weighted by Gasteiger charge is 2.43. The molecular weight excluding hydrogens is 394 g/mol. The van der Waals surface area contributed by atoms with Gasteiger partial charge in [-0.05, 0) is 43.2 Å². The fourth-order valence-electron chi connectivity index (χ4n) is 4.28. The van der Waals surface area contributed by atoms with Gasteiger partial charge in [0.05, 0.1) is 29.0 Å². The van der Waals surface area contributed by atoms with Crippen LogP contribution in [0.2, 0.25) is 5.02 Å². The first-order chi connectivity index (χ1) is 13.7. The van der Waals surface area contributed by atoms with Crippen LogP contribution in [0.4, 0.5) is 0 Å². The number of nitrogens with zero attached hydrogens (tertiary/aromatic N) is 2. The lowest BCUT2D eigenvalue weighted by molar-refractivity contribution is -0.169. The lowest BCUT2D eigenvalue weighted by Crippen LogP contribution is -2.42. The van der Waals surface area contributed by atoms with Crippen molar-refractivity contribution in [2.24, 2.45) is 5.73 Å². The van der Waals surface area contributed by atoms with Crippen molar-refractivity contribution in [1.29, 1.82) is 0 Å². The van der Waals surface area contributed by atoms with Crippen LogP contribution < -0.4 is 11.3 Å². The molecule has 3 aromatic rings. The molecular formula is C21H18ClN3O4. The summed E-state index contributed by atoms with van der Waals surface area (Å²) in [6, 6.07) is 5.41. The average Bonchev–Trinajstić information content (AvgIpc) is 3.03. The quantitative estimate of drug-likeness (QED) is 0.464. The van der Waals surface area contributed by atoms with E-state index in [0.717, 1.165) is 22.1 Å². The Labute approximate surface area is 170 Å². The number of halogens is 1. The summed E-state index contributed by atoms with van der Waals surface area (Å²) in [7, 11) is 0. The second kappa shape index (κ2) is 5.89. The number of hydrogen-bond donors (Lipinski definition) is 2. The van der Waals surface area contributed by atoms with E-state index in [0.29, 0.717) is 28.5 Å². The first kappa shape index (κ1) is 18.3. The molecule has 148 valence electrons. The predicted molar refractivity (Wildman–Crippen MR) is 108 cm³/mol. The van der Waals surface area contributed by atoms with Gasteiger partial charge in [-0.25, -0.2) is 9.78 Å². The molecule has 1 aromatic carbocycles. The number of hydrogen-bond acceptors (Lipinski definition) is 6. The molecule has 29 heavy (non-hydrogen) atoms. The van der Waals surface area contributed by atoms with Crippen LogP contribution in [0.25, 0.3) is 22.3 Å². The number of nitrogens with two attached hydrogens (primary N) is 1. The maximum atomic E-state index is 13.2. The van der Waals surface area contributed by atoms with E-state index in [1.54, 1.807) is 16.7 Å². The highest BCUT2D eigenvalue weighted by Crippen LogP contribution is 2.39. The molecule has 5 rings (SSSR count). The number of carbonyl (C=O) groups excluding carboxylic acids is 1. The van der Waals surface area contributed by atoms with E-state index in [9.17, 15) is 14.7 Å². The zero-order valence-electron chi connectivity index (χ0n) is 15.9. The van der Waals surface area contributed by atoms with Gasteiger partial charge in [0, 0.05) is 28.1 Å². The number of pyridine rings is 2. The number of aromatic nitrogens is 2. The molecule has 0 amide bonds. The lowest BCUT2D eigenvalue weighted by atomic mass is 9.89. The summed E-state index contributed by atoms with van der Waals surface area (Å²) in [6.45, 7) is 3.70. The van der Waals surface area contributed by atoms with E-state index < -0.39 is 11.6 Å². The molecule has 0 bridgehead atoms. The number of aryl methyl sites for hydroxylation is 1. The molecule has 4 heterocycles. The van der Waals surface area contributed by atoms with E-state index in [1.165, 1.54) is 6.92 Å². The monoisotopic (exact) mass is 411 g/mol. The fraction of sp³-hybridized carbons (Fsp3) is 0.286. The first-order valence-electron chi connectivity index (χ1n) is 9.23. The highest BCUT2D eigenvalue weighted by molar-refractivity contribution is 6.32. The lowest BCUT2D eigenvalue weighted by Gasteiger charge is -2.29. The minimum atomic E-state index is -1.89. The molecule has 0 unspecified atom stereocenters. The van der Waals surface area contributed by atoms with Crippen molar-refractivity contribution >= 4 is 28.5 Å². The number of fused-ring (bicyclic) bond motifs is 5. The van der Waals surface area contributed by atoms with Crippen molar-refractivity contribution in [2.75, 3.05) is 0 Å². The number of aliphatic hydroxyl groups is 1. The molecule has 0 radical (unpaired) electrons. The SMILES string of the molecule is Cc1cc2c(CN)c3c(nc2cc1Cl)-c1cc2c(c(=O)n1C3)COC(=O)[C@@]2(C)O. The van der Waals surface area contributed by atoms with E-state index in [4.69, 9.17) is 27.1 Å². The van der Waals surface area contributed by atoms with Gasteiger partial charge in [-0.1, -0.05) is 11.6 Å². The molecule has 1 atom stereocenters. The second-order valence-corrected chi connectivity index (χ2v) is 8.11. The van der Waals surface area contributed by atoms with E-state index in [2.05, 4.69) is 0 Å². The highest BCUT2D eigenvalue weighted by atomic mass is 35.5. The summed E-state index contributed by atoms with van der Waals surface area (Å²) in [5.74, 6) is -0.774. The number of rotatable bonds is 1. The van der Waals surface area contributed by atoms with Crippen molar-refractivity contribution in [2.45, 2.75) is 39.1 Å². The number of ether oxygens (including phenoxy) is 1. The van der Waals surface area contributed by atoms with Gasteiger partial charge in [-0.15, -0.1) is 0 Å². The molecule has 0 aliphatic carbocycles. The maximum absolute atomic E-state index is 13.2. The number of cyclic esters (lactones) is 1. The third-order valence-corrected chi connectivity index (χ3v) is 6.32. The van der Waals surface area contributed by atoms with Gasteiger partial charge in [0.1, 0.15) is 6.61 Å². The Morgan fingerprint density at radius 1 is 1.31 bits per heavy atom. The Kier molecular flexibility index (Phi) is 3.71. The molecule has 2 aromatic heterocycles. The third kappa shape index (κ3) is 2.35. The Morgan fingerprint density at radius 3 is 2.79 bits per heavy atom. The molecule has 2 aliphatic heterocycles. The van der Waals surface area contributed by atoms with Crippen LogP contribution in [0.1, 0.15) is 34.7 Å². The maximum Gasteiger partial charge on any atom is 0.342 e. The van der Waals surface area contributed by atoms with Crippen LogP contribution in [0.5, 0.6) is 0 Å². The van der Waals surface area contributed by atoms with Crippen LogP contribution in [-0.2, 0) is 34.8 Å². The smallest absolute Gasteiger partial charge is 0.342 e. The van der Waals surface area contributed by atoms with Crippen LogP contribution >= 0.6 is 11.6 Å². The van der Waals surface area contributed by atoms with Gasteiger partial charge in [0.15, 0.2) is 5.60 Å². The topological polar surface area (TPSA) is 107 Å².